The quantitative estimate of drug-likeness (QED) is 0.360. The van der Waals surface area contributed by atoms with Crippen molar-refractivity contribution in [2.45, 2.75) is 12.8 Å². The van der Waals surface area contributed by atoms with Gasteiger partial charge in [-0.3, -0.25) is 9.79 Å². The molecule has 0 unspecified atom stereocenters. The van der Waals surface area contributed by atoms with Crippen molar-refractivity contribution in [1.82, 2.24) is 15.5 Å². The van der Waals surface area contributed by atoms with Crippen LogP contribution in [-0.2, 0) is 4.79 Å². The summed E-state index contributed by atoms with van der Waals surface area (Å²) in [5.41, 5.74) is 0. The highest BCUT2D eigenvalue weighted by molar-refractivity contribution is 14.0. The normalized spacial score (nSPS) is 15.2. The molecule has 1 aromatic rings. The summed E-state index contributed by atoms with van der Waals surface area (Å²) < 4.78 is 5.84. The average Bonchev–Trinajstić information content (AvgIpc) is 2.60. The number of hydrogen-bond donors (Lipinski definition) is 2. The van der Waals surface area contributed by atoms with Gasteiger partial charge < -0.3 is 20.3 Å². The van der Waals surface area contributed by atoms with E-state index >= 15 is 0 Å². The summed E-state index contributed by atoms with van der Waals surface area (Å²) >= 11 is 12.0. The maximum atomic E-state index is 11.4. The lowest BCUT2D eigenvalue weighted by atomic mass is 9.98. The van der Waals surface area contributed by atoms with Crippen molar-refractivity contribution in [2.24, 2.45) is 10.9 Å². The van der Waals surface area contributed by atoms with Gasteiger partial charge in [-0.1, -0.05) is 23.2 Å². The minimum atomic E-state index is -0.0652. The first-order valence-corrected chi connectivity index (χ1v) is 9.02. The summed E-state index contributed by atoms with van der Waals surface area (Å²) in [4.78, 5) is 17.8. The summed E-state index contributed by atoms with van der Waals surface area (Å²) in [6, 6.07) is 5.23. The van der Waals surface area contributed by atoms with Crippen LogP contribution < -0.4 is 15.4 Å². The third-order valence-electron chi connectivity index (χ3n) is 4.13. The predicted octanol–water partition coefficient (Wildman–Crippen LogP) is 3.02. The zero-order valence-electron chi connectivity index (χ0n) is 14.9. The van der Waals surface area contributed by atoms with Crippen LogP contribution in [0.3, 0.4) is 0 Å². The first-order chi connectivity index (χ1) is 12.0. The predicted molar refractivity (Wildman–Crippen MR) is 117 cm³/mol. The van der Waals surface area contributed by atoms with E-state index in [0.717, 1.165) is 31.9 Å². The summed E-state index contributed by atoms with van der Waals surface area (Å²) in [6.07, 6.45) is 1.99. The molecule has 0 saturated carbocycles. The van der Waals surface area contributed by atoms with Gasteiger partial charge >= 0.3 is 0 Å². The molecule has 26 heavy (non-hydrogen) atoms. The van der Waals surface area contributed by atoms with Crippen molar-refractivity contribution < 1.29 is 9.53 Å². The summed E-state index contributed by atoms with van der Waals surface area (Å²) in [5.74, 6) is 1.85. The maximum absolute atomic E-state index is 11.4. The first kappa shape index (κ1) is 23.1. The second-order valence-electron chi connectivity index (χ2n) is 5.92. The van der Waals surface area contributed by atoms with Gasteiger partial charge in [-0.2, -0.15) is 0 Å². The number of guanidine groups is 1. The molecule has 0 aliphatic carbocycles. The van der Waals surface area contributed by atoms with Crippen LogP contribution in [0.15, 0.2) is 23.2 Å². The van der Waals surface area contributed by atoms with Crippen molar-refractivity contribution in [3.63, 3.8) is 0 Å². The Kier molecular flexibility index (Phi) is 10.4. The molecule has 2 N–H and O–H groups in total. The van der Waals surface area contributed by atoms with Gasteiger partial charge in [-0.25, -0.2) is 0 Å². The van der Waals surface area contributed by atoms with Gasteiger partial charge in [-0.15, -0.1) is 24.0 Å². The van der Waals surface area contributed by atoms with Crippen LogP contribution in [0.5, 0.6) is 5.75 Å². The van der Waals surface area contributed by atoms with Gasteiger partial charge in [0.05, 0.1) is 13.2 Å². The number of amides is 1. The van der Waals surface area contributed by atoms with Gasteiger partial charge in [0.2, 0.25) is 5.91 Å². The molecule has 1 aliphatic heterocycles. The average molecular weight is 515 g/mol. The standard InChI is InChI=1S/C17H24Cl2N4O2.HI/c1-20-16(24)10-22-17(21-2)23-5-3-12(4-6-23)11-25-15-8-13(18)7-14(19)9-15;/h7-9,12H,3-6,10-11H2,1-2H3,(H,20,24)(H,21,22);1H. The molecule has 1 heterocycles. The lowest BCUT2D eigenvalue weighted by Gasteiger charge is -2.34. The highest BCUT2D eigenvalue weighted by Gasteiger charge is 2.22. The second-order valence-corrected chi connectivity index (χ2v) is 6.79. The van der Waals surface area contributed by atoms with Crippen LogP contribution in [0.4, 0.5) is 0 Å². The Morgan fingerprint density at radius 2 is 1.88 bits per heavy atom. The van der Waals surface area contributed by atoms with Crippen LogP contribution in [0.2, 0.25) is 10.0 Å². The molecular weight excluding hydrogens is 490 g/mol. The third-order valence-corrected chi connectivity index (χ3v) is 4.57. The third kappa shape index (κ3) is 7.36. The fourth-order valence-corrected chi connectivity index (χ4v) is 3.22. The van der Waals surface area contributed by atoms with E-state index in [9.17, 15) is 4.79 Å². The highest BCUT2D eigenvalue weighted by Crippen LogP contribution is 2.25. The first-order valence-electron chi connectivity index (χ1n) is 8.27. The molecule has 2 rings (SSSR count). The molecule has 146 valence electrons. The Bertz CT molecular complexity index is 603. The number of carbonyl (C=O) groups is 1. The van der Waals surface area contributed by atoms with Crippen molar-refractivity contribution in [2.75, 3.05) is 40.3 Å². The van der Waals surface area contributed by atoms with Crippen LogP contribution in [0.1, 0.15) is 12.8 Å². The molecule has 9 heteroatoms. The molecular formula is C17H25Cl2IN4O2. The zero-order valence-corrected chi connectivity index (χ0v) is 18.8. The smallest absolute Gasteiger partial charge is 0.239 e. The molecule has 1 aromatic carbocycles. The van der Waals surface area contributed by atoms with E-state index in [1.54, 1.807) is 32.3 Å². The fraction of sp³-hybridized carbons (Fsp3) is 0.529. The number of benzene rings is 1. The molecule has 0 aromatic heterocycles. The number of aliphatic imine (C=N–C) groups is 1. The number of piperidine rings is 1. The number of likely N-dealkylation sites (tertiary alicyclic amines) is 1. The molecule has 0 atom stereocenters. The van der Waals surface area contributed by atoms with Crippen LogP contribution >= 0.6 is 47.2 Å². The molecule has 1 saturated heterocycles. The number of hydrogen-bond acceptors (Lipinski definition) is 3. The Hall–Kier alpha value is -0.930. The summed E-state index contributed by atoms with van der Waals surface area (Å²) in [6.45, 7) is 2.60. The van der Waals surface area contributed by atoms with Gasteiger partial charge in [0.15, 0.2) is 5.96 Å². The van der Waals surface area contributed by atoms with E-state index < -0.39 is 0 Å². The Balaban J connectivity index is 0.00000338. The van der Waals surface area contributed by atoms with E-state index in [-0.39, 0.29) is 36.4 Å². The van der Waals surface area contributed by atoms with Crippen molar-refractivity contribution in [1.29, 1.82) is 0 Å². The van der Waals surface area contributed by atoms with Crippen molar-refractivity contribution >= 4 is 59.0 Å². The largest absolute Gasteiger partial charge is 0.493 e. The number of likely N-dealkylation sites (N-methyl/N-ethyl adjacent to an activating group) is 1. The number of nitrogens with one attached hydrogen (secondary N) is 2. The number of nitrogens with zero attached hydrogens (tertiary/aromatic N) is 2. The van der Waals surface area contributed by atoms with E-state index in [1.165, 1.54) is 0 Å². The number of rotatable bonds is 5. The molecule has 1 aliphatic rings. The molecule has 0 bridgehead atoms. The zero-order chi connectivity index (χ0) is 18.2. The van der Waals surface area contributed by atoms with Gasteiger partial charge in [0.25, 0.3) is 0 Å². The van der Waals surface area contributed by atoms with Crippen molar-refractivity contribution in [3.05, 3.63) is 28.2 Å². The maximum Gasteiger partial charge on any atom is 0.239 e. The van der Waals surface area contributed by atoms with Crippen LogP contribution in [0.25, 0.3) is 0 Å². The Morgan fingerprint density at radius 3 is 2.42 bits per heavy atom. The highest BCUT2D eigenvalue weighted by atomic mass is 127. The number of ether oxygens (including phenoxy) is 1. The van der Waals surface area contributed by atoms with Gasteiger partial charge in [0, 0.05) is 37.2 Å². The molecule has 6 nitrogen and oxygen atoms in total. The van der Waals surface area contributed by atoms with Crippen molar-refractivity contribution in [3.8, 4) is 5.75 Å². The Labute approximate surface area is 181 Å². The summed E-state index contributed by atoms with van der Waals surface area (Å²) in [5, 5.41) is 6.81. The monoisotopic (exact) mass is 514 g/mol. The number of halogens is 3. The van der Waals surface area contributed by atoms with Gasteiger partial charge in [0.1, 0.15) is 5.75 Å². The fourth-order valence-electron chi connectivity index (χ4n) is 2.72. The lowest BCUT2D eigenvalue weighted by Crippen LogP contribution is -2.48. The van der Waals surface area contributed by atoms with E-state index in [4.69, 9.17) is 27.9 Å². The van der Waals surface area contributed by atoms with E-state index in [2.05, 4.69) is 20.5 Å². The topological polar surface area (TPSA) is 66.0 Å². The number of carbonyl (C=O) groups excluding carboxylic acids is 1. The molecule has 0 spiro atoms. The minimum absolute atomic E-state index is 0. The lowest BCUT2D eigenvalue weighted by molar-refractivity contribution is -0.119. The second kappa shape index (κ2) is 11.7. The SMILES string of the molecule is CN=C(NCC(=O)NC)N1CCC(COc2cc(Cl)cc(Cl)c2)CC1.I. The van der Waals surface area contributed by atoms with E-state index in [0.29, 0.717) is 28.3 Å². The molecule has 1 amide bonds. The minimum Gasteiger partial charge on any atom is -0.493 e. The van der Waals surface area contributed by atoms with Crippen LogP contribution in [0, 0.1) is 5.92 Å². The summed E-state index contributed by atoms with van der Waals surface area (Å²) in [7, 11) is 3.34. The van der Waals surface area contributed by atoms with E-state index in [1.807, 2.05) is 0 Å². The molecule has 1 fully saturated rings. The van der Waals surface area contributed by atoms with Gasteiger partial charge in [-0.05, 0) is 37.0 Å². The molecule has 0 radical (unpaired) electrons. The Morgan fingerprint density at radius 1 is 1.27 bits per heavy atom. The van der Waals surface area contributed by atoms with Crippen LogP contribution in [-0.4, -0.2) is 57.1 Å².